The van der Waals surface area contributed by atoms with Crippen LogP contribution in [0.5, 0.6) is 0 Å². The summed E-state index contributed by atoms with van der Waals surface area (Å²) in [6.45, 7) is 3.14. The topological polar surface area (TPSA) is 151 Å². The number of nitrogens with two attached hydrogens (primary N) is 1. The van der Waals surface area contributed by atoms with E-state index < -0.39 is 39.1 Å². The Morgan fingerprint density at radius 3 is 2.49 bits per heavy atom. The highest BCUT2D eigenvalue weighted by atomic mass is 32.2. The van der Waals surface area contributed by atoms with Crippen molar-refractivity contribution in [2.24, 2.45) is 11.7 Å². The second kappa shape index (κ2) is 13.1. The van der Waals surface area contributed by atoms with Gasteiger partial charge in [0.2, 0.25) is 5.91 Å². The van der Waals surface area contributed by atoms with Crippen molar-refractivity contribution in [3.05, 3.63) is 101 Å². The molecular weight excluding hydrogens is 616 g/mol. The van der Waals surface area contributed by atoms with Crippen LogP contribution in [0.2, 0.25) is 0 Å². The van der Waals surface area contributed by atoms with Crippen LogP contribution in [0.4, 0.5) is 15.2 Å². The molecule has 0 spiro atoms. The number of primary amides is 1. The molecule has 12 heteroatoms. The summed E-state index contributed by atoms with van der Waals surface area (Å²) in [5.74, 6) is -1.59. The van der Waals surface area contributed by atoms with Gasteiger partial charge in [0.25, 0.3) is 5.91 Å². The van der Waals surface area contributed by atoms with Crippen LogP contribution in [0.15, 0.2) is 72.8 Å². The van der Waals surface area contributed by atoms with Gasteiger partial charge in [-0.2, -0.15) is 0 Å². The number of nitrogens with zero attached hydrogens (tertiary/aromatic N) is 1. The first kappa shape index (κ1) is 32.3. The molecule has 45 heavy (non-hydrogen) atoms. The Morgan fingerprint density at radius 1 is 1.09 bits per heavy atom. The van der Waals surface area contributed by atoms with Gasteiger partial charge >= 0.3 is 0 Å². The Morgan fingerprint density at radius 2 is 1.84 bits per heavy atom. The molecule has 1 saturated heterocycles. The molecule has 0 bridgehead atoms. The molecule has 2 aromatic carbocycles. The first-order valence-corrected chi connectivity index (χ1v) is 17.2. The predicted molar refractivity (Wildman–Crippen MR) is 174 cm³/mol. The molecule has 2 atom stereocenters. The lowest BCUT2D eigenvalue weighted by Crippen LogP contribution is -2.41. The number of rotatable bonds is 11. The highest BCUT2D eigenvalue weighted by molar-refractivity contribution is 7.91. The SMILES string of the molecule is CC(C)(O)c1ccc(-c2cc(C(N)=O)c(Nc3cccc(CC(Cc4ccccc4)C(=O)NC4CCS(=O)(=O)C4)n3)s2)c(F)c1. The minimum atomic E-state index is -3.15. The number of hydrogen-bond acceptors (Lipinski definition) is 8. The van der Waals surface area contributed by atoms with Crippen molar-refractivity contribution in [3.63, 3.8) is 0 Å². The second-order valence-electron chi connectivity index (χ2n) is 11.8. The number of nitrogens with one attached hydrogen (secondary N) is 2. The molecule has 5 N–H and O–H groups in total. The number of halogens is 1. The number of pyridine rings is 1. The lowest BCUT2D eigenvalue weighted by Gasteiger charge is -2.20. The van der Waals surface area contributed by atoms with Gasteiger partial charge in [-0.25, -0.2) is 17.8 Å². The summed E-state index contributed by atoms with van der Waals surface area (Å²) in [6.07, 6.45) is 1.11. The maximum Gasteiger partial charge on any atom is 0.251 e. The Bertz CT molecular complexity index is 1820. The molecule has 236 valence electrons. The molecule has 0 aliphatic carbocycles. The highest BCUT2D eigenvalue weighted by Crippen LogP contribution is 2.38. The van der Waals surface area contributed by atoms with E-state index in [0.717, 1.165) is 16.9 Å². The fourth-order valence-electron chi connectivity index (χ4n) is 5.31. The number of amides is 2. The third-order valence-electron chi connectivity index (χ3n) is 7.72. The molecule has 5 rings (SSSR count). The largest absolute Gasteiger partial charge is 0.386 e. The third kappa shape index (κ3) is 8.13. The normalized spacial score (nSPS) is 16.7. The van der Waals surface area contributed by atoms with Crippen LogP contribution in [0.3, 0.4) is 0 Å². The van der Waals surface area contributed by atoms with Gasteiger partial charge in [0, 0.05) is 34.5 Å². The zero-order valence-corrected chi connectivity index (χ0v) is 26.6. The minimum Gasteiger partial charge on any atom is -0.386 e. The molecule has 2 unspecified atom stereocenters. The van der Waals surface area contributed by atoms with Crippen molar-refractivity contribution < 1.29 is 27.5 Å². The Labute approximate surface area is 265 Å². The number of aromatic nitrogens is 1. The lowest BCUT2D eigenvalue weighted by molar-refractivity contribution is -0.125. The number of benzene rings is 2. The molecule has 1 fully saturated rings. The standard InChI is InChI=1S/C33H35FN4O5S2/c1-33(2,41)22-11-12-25(27(34)17-22)28-18-26(30(35)39)32(44-28)38-29-10-6-9-23(36-29)16-21(15-20-7-4-3-5-8-20)31(40)37-24-13-14-45(42,43)19-24/h3-12,17-18,21,24,41H,13-16,19H2,1-2H3,(H2,35,39)(H,36,38)(H,37,40). The Balaban J connectivity index is 1.37. The molecule has 1 aliphatic rings. The summed E-state index contributed by atoms with van der Waals surface area (Å²) in [7, 11) is -3.15. The summed E-state index contributed by atoms with van der Waals surface area (Å²) in [5, 5.41) is 16.7. The van der Waals surface area contributed by atoms with E-state index in [1.165, 1.54) is 12.1 Å². The fourth-order valence-corrected chi connectivity index (χ4v) is 8.08. The van der Waals surface area contributed by atoms with Crippen molar-refractivity contribution >= 4 is 43.8 Å². The van der Waals surface area contributed by atoms with Crippen molar-refractivity contribution in [1.82, 2.24) is 10.3 Å². The van der Waals surface area contributed by atoms with Crippen molar-refractivity contribution in [1.29, 1.82) is 0 Å². The number of sulfone groups is 1. The van der Waals surface area contributed by atoms with Crippen LogP contribution in [0.25, 0.3) is 10.4 Å². The van der Waals surface area contributed by atoms with Crippen molar-refractivity contribution in [2.75, 3.05) is 16.8 Å². The van der Waals surface area contributed by atoms with Gasteiger partial charge < -0.3 is 21.5 Å². The summed E-state index contributed by atoms with van der Waals surface area (Å²) in [6, 6.07) is 20.4. The monoisotopic (exact) mass is 650 g/mol. The van der Waals surface area contributed by atoms with Crippen LogP contribution >= 0.6 is 11.3 Å². The van der Waals surface area contributed by atoms with Crippen LogP contribution in [-0.4, -0.2) is 47.9 Å². The third-order valence-corrected chi connectivity index (χ3v) is 10.6. The van der Waals surface area contributed by atoms with Gasteiger partial charge in [0.05, 0.1) is 22.7 Å². The van der Waals surface area contributed by atoms with E-state index in [0.29, 0.717) is 39.8 Å². The van der Waals surface area contributed by atoms with Gasteiger partial charge in [-0.3, -0.25) is 9.59 Å². The average molecular weight is 651 g/mol. The molecule has 0 radical (unpaired) electrons. The van der Waals surface area contributed by atoms with Crippen LogP contribution < -0.4 is 16.4 Å². The van der Waals surface area contributed by atoms with Gasteiger partial charge in [0.15, 0.2) is 9.84 Å². The summed E-state index contributed by atoms with van der Waals surface area (Å²) in [4.78, 5) is 30.9. The van der Waals surface area contributed by atoms with E-state index in [-0.39, 0.29) is 35.0 Å². The number of carbonyl (C=O) groups excluding carboxylic acids is 2. The van der Waals surface area contributed by atoms with Gasteiger partial charge in [-0.05, 0) is 62.1 Å². The maximum atomic E-state index is 15.1. The fraction of sp³-hybridized carbons (Fsp3) is 0.303. The zero-order valence-electron chi connectivity index (χ0n) is 24.9. The minimum absolute atomic E-state index is 0.0626. The molecule has 2 aromatic heterocycles. The summed E-state index contributed by atoms with van der Waals surface area (Å²) >= 11 is 1.14. The van der Waals surface area contributed by atoms with Gasteiger partial charge in [0.1, 0.15) is 16.6 Å². The number of hydrogen-bond donors (Lipinski definition) is 4. The van der Waals surface area contributed by atoms with E-state index >= 15 is 4.39 Å². The van der Waals surface area contributed by atoms with Crippen LogP contribution in [-0.2, 0) is 33.1 Å². The summed E-state index contributed by atoms with van der Waals surface area (Å²) in [5.41, 5.74) is 6.87. The molecule has 0 saturated carbocycles. The molecule has 1 aliphatic heterocycles. The van der Waals surface area contributed by atoms with Crippen molar-refractivity contribution in [2.45, 2.75) is 44.8 Å². The van der Waals surface area contributed by atoms with Gasteiger partial charge in [-0.1, -0.05) is 48.5 Å². The first-order valence-electron chi connectivity index (χ1n) is 14.5. The van der Waals surface area contributed by atoms with Crippen LogP contribution in [0, 0.1) is 11.7 Å². The predicted octanol–water partition coefficient (Wildman–Crippen LogP) is 4.72. The smallest absolute Gasteiger partial charge is 0.251 e. The molecule has 3 heterocycles. The lowest BCUT2D eigenvalue weighted by atomic mass is 9.93. The van der Waals surface area contributed by atoms with E-state index in [9.17, 15) is 23.1 Å². The molecular formula is C33H35FN4O5S2. The van der Waals surface area contributed by atoms with Gasteiger partial charge in [-0.15, -0.1) is 11.3 Å². The Kier molecular flexibility index (Phi) is 9.38. The van der Waals surface area contributed by atoms with E-state index in [2.05, 4.69) is 10.6 Å². The first-order chi connectivity index (χ1) is 21.3. The zero-order chi connectivity index (χ0) is 32.4. The number of anilines is 2. The molecule has 2 amide bonds. The average Bonchev–Trinajstić information content (AvgIpc) is 3.55. The number of carbonyl (C=O) groups is 2. The molecule has 9 nitrogen and oxygen atoms in total. The van der Waals surface area contributed by atoms with E-state index in [1.807, 2.05) is 30.3 Å². The quantitative estimate of drug-likeness (QED) is 0.183. The van der Waals surface area contributed by atoms with Crippen molar-refractivity contribution in [3.8, 4) is 10.4 Å². The van der Waals surface area contributed by atoms with E-state index in [1.54, 1.807) is 44.2 Å². The highest BCUT2D eigenvalue weighted by Gasteiger charge is 2.31. The molecule has 4 aromatic rings. The number of aliphatic hydroxyl groups is 1. The Hall–Kier alpha value is -4.13. The van der Waals surface area contributed by atoms with E-state index in [4.69, 9.17) is 10.7 Å². The number of thiophene rings is 1. The van der Waals surface area contributed by atoms with Crippen LogP contribution in [0.1, 0.15) is 47.4 Å². The second-order valence-corrected chi connectivity index (χ2v) is 15.1. The maximum absolute atomic E-state index is 15.1. The summed E-state index contributed by atoms with van der Waals surface area (Å²) < 4.78 is 39.0.